The zero-order valence-electron chi connectivity index (χ0n) is 13.7. The summed E-state index contributed by atoms with van der Waals surface area (Å²) < 4.78 is 7.37. The molecule has 0 aliphatic carbocycles. The highest BCUT2D eigenvalue weighted by atomic mass is 16.5. The number of aliphatic carboxylic acids is 1. The summed E-state index contributed by atoms with van der Waals surface area (Å²) in [5, 5.41) is 12.2. The highest BCUT2D eigenvalue weighted by molar-refractivity contribution is 6.08. The van der Waals surface area contributed by atoms with Crippen LogP contribution >= 0.6 is 0 Å². The van der Waals surface area contributed by atoms with Crippen molar-refractivity contribution in [2.75, 3.05) is 13.7 Å². The molecule has 1 amide bonds. The zero-order valence-corrected chi connectivity index (χ0v) is 13.7. The van der Waals surface area contributed by atoms with Gasteiger partial charge in [-0.2, -0.15) is 0 Å². The average molecular weight is 318 g/mol. The van der Waals surface area contributed by atoms with Gasteiger partial charge in [0.05, 0.1) is 19.1 Å². The summed E-state index contributed by atoms with van der Waals surface area (Å²) in [5.41, 5.74) is 2.44. The van der Waals surface area contributed by atoms with E-state index in [0.29, 0.717) is 11.3 Å². The van der Waals surface area contributed by atoms with E-state index in [0.717, 1.165) is 29.6 Å². The minimum absolute atomic E-state index is 0.0955. The maximum absolute atomic E-state index is 12.5. The Balaban J connectivity index is 2.45. The molecule has 23 heavy (non-hydrogen) atoms. The second kappa shape index (κ2) is 7.17. The number of nitrogens with one attached hydrogen (secondary N) is 1. The molecule has 0 unspecified atom stereocenters. The topological polar surface area (TPSA) is 80.6 Å². The van der Waals surface area contributed by atoms with Crippen LogP contribution < -0.4 is 10.1 Å². The molecular formula is C17H22N2O4. The van der Waals surface area contributed by atoms with Gasteiger partial charge in [0.2, 0.25) is 0 Å². The number of amides is 1. The van der Waals surface area contributed by atoms with Crippen LogP contribution in [0.25, 0.3) is 10.9 Å². The molecule has 0 spiro atoms. The monoisotopic (exact) mass is 318 g/mol. The lowest BCUT2D eigenvalue weighted by atomic mass is 10.1. The first kappa shape index (κ1) is 16.9. The molecule has 0 saturated heterocycles. The Hall–Kier alpha value is -2.50. The van der Waals surface area contributed by atoms with Gasteiger partial charge in [0.1, 0.15) is 5.75 Å². The van der Waals surface area contributed by atoms with Crippen LogP contribution in [0.4, 0.5) is 0 Å². The molecule has 0 aliphatic heterocycles. The first-order valence-corrected chi connectivity index (χ1v) is 7.66. The van der Waals surface area contributed by atoms with E-state index in [-0.39, 0.29) is 18.9 Å². The molecule has 2 rings (SSSR count). The molecule has 0 radical (unpaired) electrons. The summed E-state index contributed by atoms with van der Waals surface area (Å²) >= 11 is 0. The fraction of sp³-hybridized carbons (Fsp3) is 0.412. The van der Waals surface area contributed by atoms with Gasteiger partial charge in [-0.3, -0.25) is 9.59 Å². The van der Waals surface area contributed by atoms with E-state index >= 15 is 0 Å². The van der Waals surface area contributed by atoms with Crippen molar-refractivity contribution in [2.45, 2.75) is 33.2 Å². The molecule has 1 aromatic heterocycles. The number of ether oxygens (including phenoxy) is 1. The Morgan fingerprint density at radius 2 is 2.09 bits per heavy atom. The second-order valence-electron chi connectivity index (χ2n) is 5.39. The molecule has 1 aromatic carbocycles. The molecule has 0 aliphatic rings. The van der Waals surface area contributed by atoms with E-state index in [2.05, 4.69) is 16.8 Å². The lowest BCUT2D eigenvalue weighted by Crippen LogP contribution is -2.26. The Morgan fingerprint density at radius 3 is 2.70 bits per heavy atom. The quantitative estimate of drug-likeness (QED) is 0.822. The van der Waals surface area contributed by atoms with Crippen LogP contribution in [-0.4, -0.2) is 35.2 Å². The minimum atomic E-state index is -0.933. The number of carbonyl (C=O) groups excluding carboxylic acids is 1. The molecule has 2 aromatic rings. The fourth-order valence-electron chi connectivity index (χ4n) is 2.76. The average Bonchev–Trinajstić information content (AvgIpc) is 2.79. The highest BCUT2D eigenvalue weighted by Gasteiger charge is 2.20. The molecular weight excluding hydrogens is 296 g/mol. The van der Waals surface area contributed by atoms with Crippen LogP contribution in [0.5, 0.6) is 5.75 Å². The normalized spacial score (nSPS) is 10.7. The van der Waals surface area contributed by atoms with Crippen LogP contribution in [0.1, 0.15) is 35.8 Å². The lowest BCUT2D eigenvalue weighted by Gasteiger charge is -2.07. The summed E-state index contributed by atoms with van der Waals surface area (Å²) in [6.07, 6.45) is 0.860. The van der Waals surface area contributed by atoms with Crippen LogP contribution in [0, 0.1) is 6.92 Å². The number of carbonyl (C=O) groups is 2. The van der Waals surface area contributed by atoms with Gasteiger partial charge in [-0.15, -0.1) is 0 Å². The molecule has 0 saturated carbocycles. The number of hydrogen-bond acceptors (Lipinski definition) is 3. The summed E-state index contributed by atoms with van der Waals surface area (Å²) in [4.78, 5) is 23.1. The number of aryl methyl sites for hydroxylation is 1. The predicted octanol–water partition coefficient (Wildman–Crippen LogP) is 2.57. The van der Waals surface area contributed by atoms with E-state index in [9.17, 15) is 9.59 Å². The third-order valence-electron chi connectivity index (χ3n) is 3.83. The molecule has 0 bridgehead atoms. The molecule has 0 fully saturated rings. The second-order valence-corrected chi connectivity index (χ2v) is 5.39. The van der Waals surface area contributed by atoms with E-state index in [1.165, 1.54) is 0 Å². The van der Waals surface area contributed by atoms with Gasteiger partial charge in [-0.05, 0) is 31.5 Å². The number of fused-ring (bicyclic) bond motifs is 1. The Kier molecular flexibility index (Phi) is 5.26. The van der Waals surface area contributed by atoms with Crippen molar-refractivity contribution in [1.29, 1.82) is 0 Å². The summed E-state index contributed by atoms with van der Waals surface area (Å²) in [7, 11) is 1.59. The number of carboxylic acids is 1. The number of nitrogens with zero attached hydrogens (tertiary/aromatic N) is 1. The standard InChI is InChI=1S/C17H22N2O4/c1-4-9-19-11(2)16(17(22)18-8-7-15(20)21)13-10-12(23-3)5-6-14(13)19/h5-6,10H,4,7-9H2,1-3H3,(H,18,22)(H,20,21). The molecule has 1 heterocycles. The lowest BCUT2D eigenvalue weighted by molar-refractivity contribution is -0.136. The van der Waals surface area contributed by atoms with Gasteiger partial charge in [0.15, 0.2) is 0 Å². The van der Waals surface area contributed by atoms with E-state index in [4.69, 9.17) is 9.84 Å². The van der Waals surface area contributed by atoms with Crippen LogP contribution in [0.2, 0.25) is 0 Å². The van der Waals surface area contributed by atoms with Crippen molar-refractivity contribution in [1.82, 2.24) is 9.88 Å². The van der Waals surface area contributed by atoms with Gasteiger partial charge in [0.25, 0.3) is 5.91 Å². The zero-order chi connectivity index (χ0) is 17.0. The summed E-state index contributed by atoms with van der Waals surface area (Å²) in [5.74, 6) is -0.500. The van der Waals surface area contributed by atoms with E-state index < -0.39 is 5.97 Å². The maximum Gasteiger partial charge on any atom is 0.305 e. The molecule has 2 N–H and O–H groups in total. The first-order valence-electron chi connectivity index (χ1n) is 7.66. The van der Waals surface area contributed by atoms with Crippen molar-refractivity contribution in [2.24, 2.45) is 0 Å². The van der Waals surface area contributed by atoms with Crippen LogP contribution in [0.15, 0.2) is 18.2 Å². The van der Waals surface area contributed by atoms with Gasteiger partial charge in [-0.25, -0.2) is 0 Å². The Bertz CT molecular complexity index is 734. The number of methoxy groups -OCH3 is 1. The Morgan fingerprint density at radius 1 is 1.35 bits per heavy atom. The number of benzene rings is 1. The first-order chi connectivity index (χ1) is 11.0. The molecule has 124 valence electrons. The number of aromatic nitrogens is 1. The SMILES string of the molecule is CCCn1c(C)c(C(=O)NCCC(=O)O)c2cc(OC)ccc21. The van der Waals surface area contributed by atoms with Crippen LogP contribution in [0.3, 0.4) is 0 Å². The van der Waals surface area contributed by atoms with Crippen molar-refractivity contribution in [3.05, 3.63) is 29.5 Å². The van der Waals surface area contributed by atoms with Crippen LogP contribution in [-0.2, 0) is 11.3 Å². The largest absolute Gasteiger partial charge is 0.497 e. The van der Waals surface area contributed by atoms with Gasteiger partial charge in [-0.1, -0.05) is 6.92 Å². The molecule has 0 atom stereocenters. The van der Waals surface area contributed by atoms with Crippen molar-refractivity contribution in [3.8, 4) is 5.75 Å². The van der Waals surface area contributed by atoms with Crippen molar-refractivity contribution < 1.29 is 19.4 Å². The summed E-state index contributed by atoms with van der Waals surface area (Å²) in [6.45, 7) is 4.92. The number of rotatable bonds is 7. The maximum atomic E-state index is 12.5. The third kappa shape index (κ3) is 3.47. The molecule has 6 nitrogen and oxygen atoms in total. The molecule has 6 heteroatoms. The van der Waals surface area contributed by atoms with Gasteiger partial charge in [0, 0.05) is 29.7 Å². The van der Waals surface area contributed by atoms with Gasteiger partial charge < -0.3 is 19.7 Å². The third-order valence-corrected chi connectivity index (χ3v) is 3.83. The smallest absolute Gasteiger partial charge is 0.305 e. The number of carboxylic acid groups (broad SMARTS) is 1. The summed E-state index contributed by atoms with van der Waals surface area (Å²) in [6, 6.07) is 5.67. The predicted molar refractivity (Wildman–Crippen MR) is 88.1 cm³/mol. The Labute approximate surface area is 135 Å². The number of hydrogen-bond donors (Lipinski definition) is 2. The fourth-order valence-corrected chi connectivity index (χ4v) is 2.76. The minimum Gasteiger partial charge on any atom is -0.497 e. The highest BCUT2D eigenvalue weighted by Crippen LogP contribution is 2.29. The van der Waals surface area contributed by atoms with Gasteiger partial charge >= 0.3 is 5.97 Å². The van der Waals surface area contributed by atoms with E-state index in [1.807, 2.05) is 25.1 Å². The van der Waals surface area contributed by atoms with Crippen molar-refractivity contribution >= 4 is 22.8 Å². The van der Waals surface area contributed by atoms with Crippen molar-refractivity contribution in [3.63, 3.8) is 0 Å². The van der Waals surface area contributed by atoms with E-state index in [1.54, 1.807) is 7.11 Å².